The van der Waals surface area contributed by atoms with Gasteiger partial charge in [-0.1, -0.05) is 5.92 Å². The number of anilines is 1. The van der Waals surface area contributed by atoms with E-state index in [4.69, 9.17) is 11.2 Å². The third kappa shape index (κ3) is 3.04. The summed E-state index contributed by atoms with van der Waals surface area (Å²) in [6, 6.07) is 4.14. The summed E-state index contributed by atoms with van der Waals surface area (Å²) in [5.74, 6) is 0.443. The molecule has 144 valence electrons. The van der Waals surface area contributed by atoms with E-state index in [0.29, 0.717) is 6.54 Å². The number of hydrogen-bond donors (Lipinski definition) is 1. The van der Waals surface area contributed by atoms with Crippen molar-refractivity contribution in [1.82, 2.24) is 10.2 Å². The van der Waals surface area contributed by atoms with Gasteiger partial charge in [0, 0.05) is 25.2 Å². The molecular formula is C20H19N3O5. The summed E-state index contributed by atoms with van der Waals surface area (Å²) < 4.78 is 5.57. The van der Waals surface area contributed by atoms with Gasteiger partial charge in [-0.3, -0.25) is 29.4 Å². The quantitative estimate of drug-likeness (QED) is 0.596. The first-order chi connectivity index (χ1) is 13.5. The Bertz CT molecular complexity index is 919. The lowest BCUT2D eigenvalue weighted by Crippen LogP contribution is -2.54. The third-order valence-corrected chi connectivity index (χ3v) is 5.34. The maximum absolute atomic E-state index is 12.9. The number of terminal acetylenes is 1. The lowest BCUT2D eigenvalue weighted by atomic mass is 10.0. The first-order valence-electron chi connectivity index (χ1n) is 9.15. The molecule has 0 aliphatic carbocycles. The van der Waals surface area contributed by atoms with Gasteiger partial charge >= 0.3 is 0 Å². The Balaban J connectivity index is 1.54. The Morgan fingerprint density at radius 2 is 1.93 bits per heavy atom. The standard InChI is InChI=1S/C20H19N3O5/c1-2-9-28-13-7-8-22(11-13)12-3-4-14-15(10-12)20(27)23(19(14)26)16-5-6-17(24)21-18(16)25/h1,3-4,10,13,16H,5-9,11H2,(H,21,24,25). The molecule has 1 aromatic carbocycles. The van der Waals surface area contributed by atoms with Gasteiger partial charge in [0.05, 0.1) is 17.2 Å². The van der Waals surface area contributed by atoms with Crippen molar-refractivity contribution in [3.05, 3.63) is 29.3 Å². The van der Waals surface area contributed by atoms with Gasteiger partial charge in [-0.05, 0) is 31.0 Å². The molecule has 3 heterocycles. The van der Waals surface area contributed by atoms with Gasteiger partial charge in [-0.15, -0.1) is 6.42 Å². The van der Waals surface area contributed by atoms with E-state index in [-0.39, 0.29) is 36.7 Å². The highest BCUT2D eigenvalue weighted by atomic mass is 16.5. The second kappa shape index (κ2) is 7.09. The summed E-state index contributed by atoms with van der Waals surface area (Å²) in [4.78, 5) is 52.1. The first kappa shape index (κ1) is 18.2. The van der Waals surface area contributed by atoms with E-state index in [0.717, 1.165) is 23.6 Å². The maximum atomic E-state index is 12.9. The van der Waals surface area contributed by atoms with Crippen molar-refractivity contribution in [1.29, 1.82) is 0 Å². The van der Waals surface area contributed by atoms with Crippen LogP contribution in [0, 0.1) is 12.3 Å². The van der Waals surface area contributed by atoms with Crippen LogP contribution >= 0.6 is 0 Å². The smallest absolute Gasteiger partial charge is 0.262 e. The molecule has 4 amide bonds. The highest BCUT2D eigenvalue weighted by Gasteiger charge is 2.44. The van der Waals surface area contributed by atoms with E-state index in [9.17, 15) is 19.2 Å². The maximum Gasteiger partial charge on any atom is 0.262 e. The first-order valence-corrected chi connectivity index (χ1v) is 9.15. The fraction of sp³-hybridized carbons (Fsp3) is 0.400. The number of hydrogen-bond acceptors (Lipinski definition) is 6. The molecule has 2 unspecified atom stereocenters. The number of carbonyl (C=O) groups is 4. The van der Waals surface area contributed by atoms with E-state index >= 15 is 0 Å². The molecule has 0 aromatic heterocycles. The Labute approximate surface area is 161 Å². The number of rotatable bonds is 4. The molecule has 4 rings (SSSR count). The number of imide groups is 2. The van der Waals surface area contributed by atoms with Gasteiger partial charge in [0.15, 0.2) is 0 Å². The van der Waals surface area contributed by atoms with Crippen molar-refractivity contribution < 1.29 is 23.9 Å². The van der Waals surface area contributed by atoms with Crippen LogP contribution in [0.25, 0.3) is 0 Å². The molecule has 2 fully saturated rings. The summed E-state index contributed by atoms with van der Waals surface area (Å²) in [6.45, 7) is 1.67. The van der Waals surface area contributed by atoms with Gasteiger partial charge in [-0.2, -0.15) is 0 Å². The zero-order valence-corrected chi connectivity index (χ0v) is 15.1. The van der Waals surface area contributed by atoms with Gasteiger partial charge in [0.25, 0.3) is 11.8 Å². The predicted molar refractivity (Wildman–Crippen MR) is 98.5 cm³/mol. The molecule has 0 spiro atoms. The molecule has 8 nitrogen and oxygen atoms in total. The molecule has 0 radical (unpaired) electrons. The highest BCUT2D eigenvalue weighted by molar-refractivity contribution is 6.23. The minimum Gasteiger partial charge on any atom is -0.369 e. The molecule has 0 bridgehead atoms. The Morgan fingerprint density at radius 3 is 2.68 bits per heavy atom. The minimum absolute atomic E-state index is 0.0293. The summed E-state index contributed by atoms with van der Waals surface area (Å²) in [5, 5.41) is 2.19. The van der Waals surface area contributed by atoms with E-state index in [1.54, 1.807) is 18.2 Å². The number of nitrogens with one attached hydrogen (secondary N) is 1. The van der Waals surface area contributed by atoms with Crippen molar-refractivity contribution in [2.45, 2.75) is 31.4 Å². The average molecular weight is 381 g/mol. The molecule has 3 aliphatic rings. The summed E-state index contributed by atoms with van der Waals surface area (Å²) >= 11 is 0. The normalized spacial score (nSPS) is 24.4. The van der Waals surface area contributed by atoms with Crippen molar-refractivity contribution in [3.8, 4) is 12.3 Å². The van der Waals surface area contributed by atoms with Crippen LogP contribution in [0.4, 0.5) is 5.69 Å². The number of nitrogens with zero attached hydrogens (tertiary/aromatic N) is 2. The summed E-state index contributed by atoms with van der Waals surface area (Å²) in [5.41, 5.74) is 1.37. The second-order valence-corrected chi connectivity index (χ2v) is 7.05. The van der Waals surface area contributed by atoms with Crippen molar-refractivity contribution in [2.24, 2.45) is 0 Å². The second-order valence-electron chi connectivity index (χ2n) is 7.05. The van der Waals surface area contributed by atoms with E-state index in [1.807, 2.05) is 0 Å². The SMILES string of the molecule is C#CCOC1CCN(c2ccc3c(c2)C(=O)N(C2CCC(=O)NC2=O)C3=O)C1. The Morgan fingerprint density at radius 1 is 1.14 bits per heavy atom. The van der Waals surface area contributed by atoms with Crippen LogP contribution in [-0.4, -0.2) is 60.4 Å². The average Bonchev–Trinajstić information content (AvgIpc) is 3.24. The number of amides is 4. The number of ether oxygens (including phenoxy) is 1. The molecule has 1 aromatic rings. The van der Waals surface area contributed by atoms with Crippen molar-refractivity contribution in [3.63, 3.8) is 0 Å². The molecule has 3 aliphatic heterocycles. The van der Waals surface area contributed by atoms with Gasteiger partial charge < -0.3 is 9.64 Å². The van der Waals surface area contributed by atoms with E-state index < -0.39 is 29.7 Å². The van der Waals surface area contributed by atoms with Crippen molar-refractivity contribution in [2.75, 3.05) is 24.6 Å². The lowest BCUT2D eigenvalue weighted by molar-refractivity contribution is -0.136. The molecule has 0 saturated carbocycles. The number of fused-ring (bicyclic) bond motifs is 1. The number of benzene rings is 1. The Kier molecular flexibility index (Phi) is 4.61. The van der Waals surface area contributed by atoms with Crippen LogP contribution in [0.15, 0.2) is 18.2 Å². The molecule has 28 heavy (non-hydrogen) atoms. The zero-order chi connectivity index (χ0) is 19.8. The number of carbonyl (C=O) groups excluding carboxylic acids is 4. The topological polar surface area (TPSA) is 96.0 Å². The lowest BCUT2D eigenvalue weighted by Gasteiger charge is -2.27. The fourth-order valence-corrected chi connectivity index (χ4v) is 3.92. The highest BCUT2D eigenvalue weighted by Crippen LogP contribution is 2.31. The largest absolute Gasteiger partial charge is 0.369 e. The van der Waals surface area contributed by atoms with Crippen LogP contribution in [0.2, 0.25) is 0 Å². The molecule has 1 N–H and O–H groups in total. The van der Waals surface area contributed by atoms with Gasteiger partial charge in [0.1, 0.15) is 12.6 Å². The fourth-order valence-electron chi connectivity index (χ4n) is 3.92. The Hall–Kier alpha value is -3.18. The van der Waals surface area contributed by atoms with Gasteiger partial charge in [0.2, 0.25) is 11.8 Å². The molecule has 2 atom stereocenters. The van der Waals surface area contributed by atoms with Crippen LogP contribution in [-0.2, 0) is 14.3 Å². The minimum atomic E-state index is -0.957. The number of piperidine rings is 1. The van der Waals surface area contributed by atoms with Gasteiger partial charge in [-0.25, -0.2) is 0 Å². The van der Waals surface area contributed by atoms with Crippen LogP contribution in [0.1, 0.15) is 40.0 Å². The predicted octanol–water partition coefficient (Wildman–Crippen LogP) is 0.316. The molecular weight excluding hydrogens is 362 g/mol. The molecule has 2 saturated heterocycles. The van der Waals surface area contributed by atoms with E-state index in [2.05, 4.69) is 16.1 Å². The third-order valence-electron chi connectivity index (χ3n) is 5.34. The zero-order valence-electron chi connectivity index (χ0n) is 15.1. The van der Waals surface area contributed by atoms with Crippen molar-refractivity contribution >= 4 is 29.3 Å². The van der Waals surface area contributed by atoms with E-state index in [1.165, 1.54) is 0 Å². The summed E-state index contributed by atoms with van der Waals surface area (Å²) in [6.07, 6.45) is 6.32. The van der Waals surface area contributed by atoms with Crippen LogP contribution in [0.5, 0.6) is 0 Å². The van der Waals surface area contributed by atoms with Crippen LogP contribution < -0.4 is 10.2 Å². The summed E-state index contributed by atoms with van der Waals surface area (Å²) in [7, 11) is 0. The van der Waals surface area contributed by atoms with Crippen LogP contribution in [0.3, 0.4) is 0 Å². The monoisotopic (exact) mass is 381 g/mol. The molecule has 8 heteroatoms.